The zero-order chi connectivity index (χ0) is 65.9. The number of aliphatic hydroxyl groups excluding tert-OH is 2. The van der Waals surface area contributed by atoms with Gasteiger partial charge in [0.1, 0.15) is 60.4 Å². The molecule has 0 radical (unpaired) electrons. The van der Waals surface area contributed by atoms with Crippen molar-refractivity contribution in [3.05, 3.63) is 54.2 Å². The first kappa shape index (κ1) is 73.5. The van der Waals surface area contributed by atoms with Crippen molar-refractivity contribution in [2.24, 2.45) is 17.4 Å². The number of imidazole rings is 1. The molecule has 33 nitrogen and oxygen atoms in total. The van der Waals surface area contributed by atoms with Gasteiger partial charge in [0.05, 0.1) is 25.1 Å². The number of unbranched alkanes of at least 4 members (excludes halogenated alkanes) is 1. The molecular formula is C54H81N15O18S. The fourth-order valence-electron chi connectivity index (χ4n) is 8.54. The number of hydrogen-bond donors (Lipinski definition) is 20. The minimum atomic E-state index is -1.87. The quantitative estimate of drug-likeness (QED) is 0.0187. The van der Waals surface area contributed by atoms with Crippen molar-refractivity contribution < 1.29 is 87.9 Å². The van der Waals surface area contributed by atoms with E-state index in [1.165, 1.54) is 33.3 Å². The average molecular weight is 1260 g/mol. The number of nitrogens with one attached hydrogen (secondary N) is 12. The van der Waals surface area contributed by atoms with Crippen molar-refractivity contribution >= 4 is 101 Å². The largest absolute Gasteiger partial charge is 0.481 e. The highest BCUT2D eigenvalue weighted by atomic mass is 32.1. The number of carboxylic acids is 3. The lowest BCUT2D eigenvalue weighted by Crippen LogP contribution is -2.61. The van der Waals surface area contributed by atoms with E-state index in [2.05, 4.69) is 80.7 Å². The monoisotopic (exact) mass is 1260 g/mol. The van der Waals surface area contributed by atoms with Crippen LogP contribution in [0, 0.1) is 5.92 Å². The zero-order valence-corrected chi connectivity index (χ0v) is 50.0. The Balaban J connectivity index is 1.74. The second-order valence-electron chi connectivity index (χ2n) is 21.1. The first-order valence-corrected chi connectivity index (χ1v) is 28.7. The normalized spacial score (nSPS) is 15.3. The van der Waals surface area contributed by atoms with Crippen LogP contribution >= 0.6 is 12.6 Å². The highest BCUT2D eigenvalue weighted by molar-refractivity contribution is 7.80. The van der Waals surface area contributed by atoms with Crippen molar-refractivity contribution in [3.63, 3.8) is 0 Å². The molecule has 21 N–H and O–H groups in total. The van der Waals surface area contributed by atoms with Gasteiger partial charge < -0.3 is 100 Å². The number of carboxylic acid groups (broad SMARTS) is 3. The van der Waals surface area contributed by atoms with Crippen LogP contribution in [0.25, 0.3) is 10.9 Å². The van der Waals surface area contributed by atoms with E-state index in [0.29, 0.717) is 12.8 Å². The van der Waals surface area contributed by atoms with E-state index in [9.17, 15) is 87.9 Å². The van der Waals surface area contributed by atoms with E-state index in [0.717, 1.165) is 30.3 Å². The number of nitrogens with zero attached hydrogens (tertiary/aromatic N) is 1. The Morgan fingerprint density at radius 2 is 1.05 bits per heavy atom. The van der Waals surface area contributed by atoms with Crippen LogP contribution in [0.1, 0.15) is 90.8 Å². The fraction of sp³-hybridized carbons (Fsp3) is 0.556. The number of carbonyl (C=O) groups is 13. The van der Waals surface area contributed by atoms with E-state index in [4.69, 9.17) is 11.5 Å². The summed E-state index contributed by atoms with van der Waals surface area (Å²) in [6, 6.07) is -9.62. The number of thiol groups is 1. The maximum atomic E-state index is 14.1. The van der Waals surface area contributed by atoms with Crippen LogP contribution in [0.2, 0.25) is 0 Å². The van der Waals surface area contributed by atoms with Crippen LogP contribution in [0.15, 0.2) is 43.0 Å². The SMILES string of the molecule is CC(C)[C@H](NC(=O)[C@H](C)NC(=O)[C@H](CS)NC(=O)[C@@H](N)Cc1c[nH]c2ccccc12)C(=O)N[C@@H](CO)C(=O)N[C@@H](CCC(=O)O)C(=O)N[C@@H](Cc1cnc[nH]1)C(=O)N[C@@H](CCC(=O)O)C(=O)N[C@@H](C)C(=O)N[C@H](C(=O)N[C@@H](CCCCN)C(=O)O)[C@@H](C)O. The Bertz CT molecular complexity index is 2910. The minimum absolute atomic E-state index is 0.0243. The molecule has 3 rings (SSSR count). The lowest BCUT2D eigenvalue weighted by Gasteiger charge is -2.28. The van der Waals surface area contributed by atoms with Crippen LogP contribution in [-0.4, -0.2) is 209 Å². The Hall–Kier alpha value is -8.73. The van der Waals surface area contributed by atoms with E-state index in [-0.39, 0.29) is 30.8 Å². The molecule has 486 valence electrons. The van der Waals surface area contributed by atoms with Crippen LogP contribution < -0.4 is 64.6 Å². The van der Waals surface area contributed by atoms with Crippen molar-refractivity contribution in [1.29, 1.82) is 0 Å². The standard InChI is InChI=1S/C54H81N15O18S/c1-25(2)42(68-44(76)26(3)61-51(83)39(23-88)67-46(78)32(56)18-29-20-58-33-11-7-6-10-31(29)33)52(84)66-38(22-70)50(82)63-35(14-16-41(74)75)48(80)65-37(19-30-21-57-24-59-30)49(81)62-34(13-15-40(72)73)47(79)60-27(4)45(77)69-43(28(5)71)53(85)64-36(54(86)87)12-8-9-17-55/h6-7,10-11,20-21,24-28,32,34-39,42-43,58,70-71,88H,8-9,12-19,22-23,55-56H2,1-5H3,(H,57,59)(H,60,79)(H,61,83)(H,62,81)(H,63,82)(H,64,85)(H,65,80)(H,66,84)(H,67,78)(H,68,76)(H,69,77)(H,72,73)(H,74,75)(H,86,87)/t26-,27-,28+,32-,34-,35-,36-,37-,38-,39-,42-,43-/m0/s1. The summed E-state index contributed by atoms with van der Waals surface area (Å²) in [6.07, 6.45) is 0.250. The van der Waals surface area contributed by atoms with Gasteiger partial charge in [-0.2, -0.15) is 12.6 Å². The summed E-state index contributed by atoms with van der Waals surface area (Å²) in [5, 5.41) is 73.7. The lowest BCUT2D eigenvalue weighted by atomic mass is 10.0. The van der Waals surface area contributed by atoms with Crippen molar-refractivity contribution in [1.82, 2.24) is 68.1 Å². The first-order valence-electron chi connectivity index (χ1n) is 28.1. The molecule has 0 aliphatic carbocycles. The predicted molar refractivity (Wildman–Crippen MR) is 315 cm³/mol. The van der Waals surface area contributed by atoms with Gasteiger partial charge in [0.15, 0.2) is 0 Å². The lowest BCUT2D eigenvalue weighted by molar-refractivity contribution is -0.143. The number of rotatable bonds is 39. The van der Waals surface area contributed by atoms with Gasteiger partial charge >= 0.3 is 17.9 Å². The zero-order valence-electron chi connectivity index (χ0n) is 49.1. The number of H-pyrrole nitrogens is 2. The van der Waals surface area contributed by atoms with Crippen molar-refractivity contribution in [2.75, 3.05) is 18.9 Å². The number of nitrogens with two attached hydrogens (primary N) is 2. The maximum Gasteiger partial charge on any atom is 0.326 e. The average Bonchev–Trinajstić information content (AvgIpc) is 4.13. The molecule has 0 unspecified atom stereocenters. The number of aromatic nitrogens is 3. The molecule has 2 heterocycles. The van der Waals surface area contributed by atoms with Gasteiger partial charge in [-0.15, -0.1) is 0 Å². The number of carbonyl (C=O) groups excluding carboxylic acids is 10. The molecule has 0 bridgehead atoms. The van der Waals surface area contributed by atoms with Crippen LogP contribution in [0.5, 0.6) is 0 Å². The van der Waals surface area contributed by atoms with Crippen molar-refractivity contribution in [2.45, 2.75) is 165 Å². The Morgan fingerprint density at radius 3 is 1.56 bits per heavy atom. The van der Waals surface area contributed by atoms with E-state index < -0.39 is 194 Å². The number of aromatic amines is 2. The van der Waals surface area contributed by atoms with Crippen LogP contribution in [0.3, 0.4) is 0 Å². The molecule has 3 aromatic rings. The van der Waals surface area contributed by atoms with Gasteiger partial charge in [-0.3, -0.25) is 57.5 Å². The molecular weight excluding hydrogens is 1180 g/mol. The molecule has 1 aromatic carbocycles. The molecule has 2 aromatic heterocycles. The van der Waals surface area contributed by atoms with Gasteiger partial charge in [0.2, 0.25) is 59.1 Å². The summed E-state index contributed by atoms with van der Waals surface area (Å²) >= 11 is 4.18. The smallest absolute Gasteiger partial charge is 0.326 e. The van der Waals surface area contributed by atoms with Gasteiger partial charge in [-0.25, -0.2) is 9.78 Å². The molecule has 0 aliphatic heterocycles. The summed E-state index contributed by atoms with van der Waals surface area (Å²) in [6.45, 7) is 5.72. The highest BCUT2D eigenvalue weighted by Crippen LogP contribution is 2.19. The molecule has 34 heteroatoms. The first-order chi connectivity index (χ1) is 41.5. The molecule has 0 aliphatic rings. The molecule has 12 atom stereocenters. The predicted octanol–water partition coefficient (Wildman–Crippen LogP) is -5.21. The Labute approximate surface area is 510 Å². The third kappa shape index (κ3) is 23.9. The second kappa shape index (κ2) is 36.4. The fourth-order valence-corrected chi connectivity index (χ4v) is 8.80. The molecule has 0 fully saturated rings. The minimum Gasteiger partial charge on any atom is -0.481 e. The summed E-state index contributed by atoms with van der Waals surface area (Å²) in [5.74, 6) is -15.6. The number of fused-ring (bicyclic) bond motifs is 1. The van der Waals surface area contributed by atoms with E-state index in [1.54, 1.807) is 6.20 Å². The Kier molecular flexibility index (Phi) is 30.4. The molecule has 88 heavy (non-hydrogen) atoms. The van der Waals surface area contributed by atoms with Crippen LogP contribution in [0.4, 0.5) is 0 Å². The van der Waals surface area contributed by atoms with Crippen molar-refractivity contribution in [3.8, 4) is 0 Å². The number of amides is 10. The molecule has 0 saturated heterocycles. The maximum absolute atomic E-state index is 14.1. The topological polar surface area (TPSA) is 540 Å². The van der Waals surface area contributed by atoms with Crippen LogP contribution in [-0.2, 0) is 75.2 Å². The number of aliphatic carboxylic acids is 3. The number of para-hydroxylation sites is 1. The highest BCUT2D eigenvalue weighted by Gasteiger charge is 2.37. The number of aliphatic hydroxyl groups is 2. The molecule has 10 amide bonds. The van der Waals surface area contributed by atoms with Gasteiger partial charge in [0.25, 0.3) is 0 Å². The summed E-state index contributed by atoms with van der Waals surface area (Å²) in [5.41, 5.74) is 13.5. The number of benzene rings is 1. The summed E-state index contributed by atoms with van der Waals surface area (Å²) in [4.78, 5) is 181. The van der Waals surface area contributed by atoms with E-state index in [1.807, 2.05) is 24.3 Å². The molecule has 0 spiro atoms. The third-order valence-electron chi connectivity index (χ3n) is 13.6. The Morgan fingerprint density at radius 1 is 0.557 bits per heavy atom. The van der Waals surface area contributed by atoms with E-state index >= 15 is 0 Å². The third-order valence-corrected chi connectivity index (χ3v) is 14.0. The molecule has 0 saturated carbocycles. The summed E-state index contributed by atoms with van der Waals surface area (Å²) in [7, 11) is 0. The van der Waals surface area contributed by atoms with Gasteiger partial charge in [0, 0.05) is 54.0 Å². The number of hydrogen-bond acceptors (Lipinski definition) is 19. The summed E-state index contributed by atoms with van der Waals surface area (Å²) < 4.78 is 0. The van der Waals surface area contributed by atoms with Gasteiger partial charge in [-0.1, -0.05) is 32.0 Å². The van der Waals surface area contributed by atoms with Gasteiger partial charge in [-0.05, 0) is 83.4 Å². The second-order valence-corrected chi connectivity index (χ2v) is 21.5.